The molecule has 2 rings (SSSR count). The molecular formula is C11H14O2. The average Bonchev–Trinajstić information content (AvgIpc) is 2.20. The first kappa shape index (κ1) is 8.73. The van der Waals surface area contributed by atoms with Crippen molar-refractivity contribution in [2.75, 3.05) is 13.2 Å². The molecular weight excluding hydrogens is 164 g/mol. The molecule has 0 aromatic heterocycles. The highest BCUT2D eigenvalue weighted by Gasteiger charge is 2.24. The van der Waals surface area contributed by atoms with Gasteiger partial charge in [-0.1, -0.05) is 30.3 Å². The second kappa shape index (κ2) is 3.90. The maximum atomic E-state index is 9.70. The van der Waals surface area contributed by atoms with Crippen molar-refractivity contribution in [2.24, 2.45) is 0 Å². The summed E-state index contributed by atoms with van der Waals surface area (Å²) in [6.07, 6.45) is 0.585. The van der Waals surface area contributed by atoms with Gasteiger partial charge in [-0.15, -0.1) is 0 Å². The van der Waals surface area contributed by atoms with Gasteiger partial charge in [0.25, 0.3) is 0 Å². The van der Waals surface area contributed by atoms with Gasteiger partial charge in [0.2, 0.25) is 0 Å². The Labute approximate surface area is 78.2 Å². The lowest BCUT2D eigenvalue weighted by molar-refractivity contribution is -0.0205. The van der Waals surface area contributed by atoms with Crippen LogP contribution in [0, 0.1) is 0 Å². The average molecular weight is 178 g/mol. The van der Waals surface area contributed by atoms with Gasteiger partial charge in [0, 0.05) is 12.5 Å². The van der Waals surface area contributed by atoms with Crippen molar-refractivity contribution in [1.29, 1.82) is 0 Å². The molecule has 1 N–H and O–H groups in total. The highest BCUT2D eigenvalue weighted by Crippen LogP contribution is 2.26. The second-order valence-corrected chi connectivity index (χ2v) is 3.45. The van der Waals surface area contributed by atoms with Gasteiger partial charge >= 0.3 is 0 Å². The molecule has 1 heterocycles. The van der Waals surface area contributed by atoms with Crippen LogP contribution in [0.5, 0.6) is 0 Å². The van der Waals surface area contributed by atoms with Gasteiger partial charge in [-0.05, 0) is 12.0 Å². The Morgan fingerprint density at radius 3 is 2.69 bits per heavy atom. The molecule has 0 amide bonds. The minimum Gasteiger partial charge on any atom is -0.390 e. The van der Waals surface area contributed by atoms with Crippen molar-refractivity contribution in [3.05, 3.63) is 35.9 Å². The summed E-state index contributed by atoms with van der Waals surface area (Å²) in [5.41, 5.74) is 1.22. The molecule has 0 spiro atoms. The smallest absolute Gasteiger partial charge is 0.0842 e. The van der Waals surface area contributed by atoms with E-state index in [1.807, 2.05) is 18.2 Å². The predicted molar refractivity (Wildman–Crippen MR) is 50.6 cm³/mol. The molecule has 0 radical (unpaired) electrons. The zero-order chi connectivity index (χ0) is 9.10. The zero-order valence-corrected chi connectivity index (χ0v) is 7.52. The van der Waals surface area contributed by atoms with Crippen molar-refractivity contribution in [3.63, 3.8) is 0 Å². The van der Waals surface area contributed by atoms with Gasteiger partial charge in [0.05, 0.1) is 12.7 Å². The maximum absolute atomic E-state index is 9.70. The quantitative estimate of drug-likeness (QED) is 0.707. The van der Waals surface area contributed by atoms with E-state index in [2.05, 4.69) is 12.1 Å². The van der Waals surface area contributed by atoms with Crippen molar-refractivity contribution in [1.82, 2.24) is 0 Å². The van der Waals surface area contributed by atoms with Crippen LogP contribution < -0.4 is 0 Å². The fourth-order valence-electron chi connectivity index (χ4n) is 1.81. The molecule has 70 valence electrons. The van der Waals surface area contributed by atoms with Crippen LogP contribution >= 0.6 is 0 Å². The van der Waals surface area contributed by atoms with E-state index in [1.54, 1.807) is 0 Å². The minimum absolute atomic E-state index is 0.259. The number of ether oxygens (including phenoxy) is 1. The normalized spacial score (nSPS) is 28.7. The van der Waals surface area contributed by atoms with Crippen LogP contribution in [-0.2, 0) is 4.74 Å². The molecule has 0 aliphatic carbocycles. The summed E-state index contributed by atoms with van der Waals surface area (Å²) in [6.45, 7) is 1.23. The minimum atomic E-state index is -0.337. The Hall–Kier alpha value is -0.860. The Bertz CT molecular complexity index is 258. The number of hydrogen-bond acceptors (Lipinski definition) is 2. The molecule has 2 atom stereocenters. The first-order valence-corrected chi connectivity index (χ1v) is 4.68. The molecule has 1 saturated heterocycles. The third kappa shape index (κ3) is 1.90. The molecule has 2 heteroatoms. The van der Waals surface area contributed by atoms with Gasteiger partial charge in [-0.2, -0.15) is 0 Å². The van der Waals surface area contributed by atoms with Crippen LogP contribution in [-0.4, -0.2) is 24.4 Å². The first-order valence-electron chi connectivity index (χ1n) is 4.68. The third-order valence-corrected chi connectivity index (χ3v) is 2.55. The van der Waals surface area contributed by atoms with Crippen LogP contribution in [0.15, 0.2) is 30.3 Å². The number of rotatable bonds is 1. The van der Waals surface area contributed by atoms with E-state index in [-0.39, 0.29) is 12.0 Å². The molecule has 2 nitrogen and oxygen atoms in total. The maximum Gasteiger partial charge on any atom is 0.0842 e. The van der Waals surface area contributed by atoms with Crippen LogP contribution in [0.2, 0.25) is 0 Å². The highest BCUT2D eigenvalue weighted by molar-refractivity contribution is 5.21. The van der Waals surface area contributed by atoms with Crippen molar-refractivity contribution in [3.8, 4) is 0 Å². The molecule has 0 bridgehead atoms. The number of aliphatic hydroxyl groups is 1. The van der Waals surface area contributed by atoms with Crippen LogP contribution in [0.25, 0.3) is 0 Å². The Kier molecular flexibility index (Phi) is 2.62. The van der Waals surface area contributed by atoms with Crippen LogP contribution in [0.3, 0.4) is 0 Å². The van der Waals surface area contributed by atoms with Crippen molar-refractivity contribution in [2.45, 2.75) is 18.4 Å². The monoisotopic (exact) mass is 178 g/mol. The van der Waals surface area contributed by atoms with Crippen LogP contribution in [0.4, 0.5) is 0 Å². The summed E-state index contributed by atoms with van der Waals surface area (Å²) in [5.74, 6) is 0.259. The Morgan fingerprint density at radius 1 is 1.23 bits per heavy atom. The SMILES string of the molecule is O[C@@H]1COCC[C@H]1c1ccccc1. The second-order valence-electron chi connectivity index (χ2n) is 3.45. The topological polar surface area (TPSA) is 29.5 Å². The van der Waals surface area contributed by atoms with Crippen molar-refractivity contribution < 1.29 is 9.84 Å². The molecule has 13 heavy (non-hydrogen) atoms. The zero-order valence-electron chi connectivity index (χ0n) is 7.52. The fraction of sp³-hybridized carbons (Fsp3) is 0.455. The van der Waals surface area contributed by atoms with Crippen LogP contribution in [0.1, 0.15) is 17.9 Å². The lowest BCUT2D eigenvalue weighted by atomic mass is 9.90. The van der Waals surface area contributed by atoms with E-state index < -0.39 is 0 Å². The lowest BCUT2D eigenvalue weighted by Crippen LogP contribution is -2.30. The number of hydrogen-bond donors (Lipinski definition) is 1. The highest BCUT2D eigenvalue weighted by atomic mass is 16.5. The Balaban J connectivity index is 2.15. The summed E-state index contributed by atoms with van der Waals surface area (Å²) < 4.78 is 5.18. The van der Waals surface area contributed by atoms with Gasteiger partial charge in [0.1, 0.15) is 0 Å². The summed E-state index contributed by atoms with van der Waals surface area (Å²) in [5, 5.41) is 9.70. The summed E-state index contributed by atoms with van der Waals surface area (Å²) >= 11 is 0. The first-order chi connectivity index (χ1) is 6.38. The van der Waals surface area contributed by atoms with E-state index in [9.17, 15) is 5.11 Å². The van der Waals surface area contributed by atoms with E-state index in [0.29, 0.717) is 6.61 Å². The summed E-state index contributed by atoms with van der Waals surface area (Å²) in [7, 11) is 0. The molecule has 1 fully saturated rings. The largest absolute Gasteiger partial charge is 0.390 e. The van der Waals surface area contributed by atoms with Crippen molar-refractivity contribution >= 4 is 0 Å². The van der Waals surface area contributed by atoms with Gasteiger partial charge in [0.15, 0.2) is 0 Å². The van der Waals surface area contributed by atoms with Gasteiger partial charge in [-0.25, -0.2) is 0 Å². The van der Waals surface area contributed by atoms with E-state index in [0.717, 1.165) is 13.0 Å². The lowest BCUT2D eigenvalue weighted by Gasteiger charge is -2.27. The molecule has 0 saturated carbocycles. The summed E-state index contributed by atoms with van der Waals surface area (Å²) in [6, 6.07) is 10.2. The third-order valence-electron chi connectivity index (χ3n) is 2.55. The molecule has 1 aromatic carbocycles. The number of aliphatic hydroxyl groups excluding tert-OH is 1. The number of benzene rings is 1. The van der Waals surface area contributed by atoms with E-state index in [1.165, 1.54) is 5.56 Å². The predicted octanol–water partition coefficient (Wildman–Crippen LogP) is 1.55. The molecule has 0 unspecified atom stereocenters. The molecule has 1 aliphatic heterocycles. The molecule has 1 aliphatic rings. The standard InChI is InChI=1S/C11H14O2/c12-11-8-13-7-6-10(11)9-4-2-1-3-5-9/h1-5,10-12H,6-8H2/t10-,11+/m0/s1. The van der Waals surface area contributed by atoms with Gasteiger partial charge in [-0.3, -0.25) is 0 Å². The fourth-order valence-corrected chi connectivity index (χ4v) is 1.81. The summed E-state index contributed by atoms with van der Waals surface area (Å²) in [4.78, 5) is 0. The Morgan fingerprint density at radius 2 is 2.00 bits per heavy atom. The molecule has 1 aromatic rings. The van der Waals surface area contributed by atoms with E-state index in [4.69, 9.17) is 4.74 Å². The van der Waals surface area contributed by atoms with Gasteiger partial charge < -0.3 is 9.84 Å². The van der Waals surface area contributed by atoms with E-state index >= 15 is 0 Å².